The van der Waals surface area contributed by atoms with E-state index in [-0.39, 0.29) is 12.1 Å². The van der Waals surface area contributed by atoms with Gasteiger partial charge in [0.05, 0.1) is 11.7 Å². The molecule has 0 aliphatic heterocycles. The molecule has 0 aromatic carbocycles. The Balaban J connectivity index is 2.14. The maximum absolute atomic E-state index is 6.16. The highest BCUT2D eigenvalue weighted by atomic mass is 15.2. The maximum Gasteiger partial charge on any atom is 0.0670 e. The monoisotopic (exact) mass is 233 g/mol. The average molecular weight is 233 g/mol. The normalized spacial score (nSPS) is 19.3. The maximum atomic E-state index is 6.16. The summed E-state index contributed by atoms with van der Waals surface area (Å²) in [5, 5.41) is 0. The molecule has 1 aromatic rings. The first-order valence-corrected chi connectivity index (χ1v) is 6.63. The minimum atomic E-state index is 0.114. The molecule has 0 radical (unpaired) electrons. The molecule has 1 aromatic heterocycles. The van der Waals surface area contributed by atoms with E-state index in [2.05, 4.69) is 29.8 Å². The van der Waals surface area contributed by atoms with Gasteiger partial charge < -0.3 is 5.73 Å². The second-order valence-corrected chi connectivity index (χ2v) is 5.09. The zero-order valence-corrected chi connectivity index (χ0v) is 10.8. The second-order valence-electron chi connectivity index (χ2n) is 5.09. The summed E-state index contributed by atoms with van der Waals surface area (Å²) >= 11 is 0. The van der Waals surface area contributed by atoms with E-state index < -0.39 is 0 Å². The molecule has 2 atom stereocenters. The molecule has 0 spiro atoms. The summed E-state index contributed by atoms with van der Waals surface area (Å²) in [4.78, 5) is 6.95. The van der Waals surface area contributed by atoms with Gasteiger partial charge in [0, 0.05) is 18.8 Å². The minimum Gasteiger partial charge on any atom is -0.326 e. The zero-order chi connectivity index (χ0) is 12.3. The number of pyridine rings is 1. The summed E-state index contributed by atoms with van der Waals surface area (Å²) in [6, 6.07) is 6.45. The molecule has 0 saturated heterocycles. The molecule has 0 amide bonds. The quantitative estimate of drug-likeness (QED) is 0.819. The average Bonchev–Trinajstić information content (AvgIpc) is 3.13. The number of rotatable bonds is 6. The fourth-order valence-electron chi connectivity index (χ4n) is 2.41. The van der Waals surface area contributed by atoms with Crippen molar-refractivity contribution in [3.05, 3.63) is 30.1 Å². The number of hydrogen-bond donors (Lipinski definition) is 1. The summed E-state index contributed by atoms with van der Waals surface area (Å²) < 4.78 is 0. The number of likely N-dealkylation sites (N-methyl/N-ethyl adjacent to an activating group) is 1. The summed E-state index contributed by atoms with van der Waals surface area (Å²) in [6.45, 7) is 6.49. The van der Waals surface area contributed by atoms with Crippen LogP contribution in [0.15, 0.2) is 24.4 Å². The fraction of sp³-hybridized carbons (Fsp3) is 0.643. The van der Waals surface area contributed by atoms with E-state index in [0.29, 0.717) is 0 Å². The van der Waals surface area contributed by atoms with Crippen LogP contribution in [0, 0.1) is 5.92 Å². The van der Waals surface area contributed by atoms with Crippen molar-refractivity contribution in [1.82, 2.24) is 9.88 Å². The number of hydrogen-bond acceptors (Lipinski definition) is 3. The Morgan fingerprint density at radius 3 is 2.71 bits per heavy atom. The Labute approximate surface area is 104 Å². The van der Waals surface area contributed by atoms with E-state index in [9.17, 15) is 0 Å². The largest absolute Gasteiger partial charge is 0.326 e. The van der Waals surface area contributed by atoms with E-state index in [4.69, 9.17) is 5.73 Å². The van der Waals surface area contributed by atoms with Crippen LogP contribution >= 0.6 is 0 Å². The summed E-state index contributed by atoms with van der Waals surface area (Å²) in [5.41, 5.74) is 7.26. The molecular weight excluding hydrogens is 210 g/mol. The first-order valence-electron chi connectivity index (χ1n) is 6.63. The Morgan fingerprint density at radius 2 is 2.24 bits per heavy atom. The van der Waals surface area contributed by atoms with Gasteiger partial charge in [0.15, 0.2) is 0 Å². The van der Waals surface area contributed by atoms with Crippen molar-refractivity contribution in [2.24, 2.45) is 11.7 Å². The van der Waals surface area contributed by atoms with Crippen LogP contribution in [0.4, 0.5) is 0 Å². The molecule has 2 unspecified atom stereocenters. The Morgan fingerprint density at radius 1 is 1.47 bits per heavy atom. The molecule has 1 aliphatic carbocycles. The summed E-state index contributed by atoms with van der Waals surface area (Å²) in [7, 11) is 0. The summed E-state index contributed by atoms with van der Waals surface area (Å²) in [6.07, 6.45) is 4.62. The highest BCUT2D eigenvalue weighted by Crippen LogP contribution is 2.33. The minimum absolute atomic E-state index is 0.114. The smallest absolute Gasteiger partial charge is 0.0670 e. The molecule has 3 nitrogen and oxygen atoms in total. The van der Waals surface area contributed by atoms with Crippen LogP contribution in [0.2, 0.25) is 0 Å². The van der Waals surface area contributed by atoms with Crippen LogP contribution in [0.5, 0.6) is 0 Å². The van der Waals surface area contributed by atoms with Gasteiger partial charge in [-0.3, -0.25) is 9.88 Å². The molecule has 1 aliphatic rings. The molecule has 1 saturated carbocycles. The molecule has 1 heterocycles. The van der Waals surface area contributed by atoms with Gasteiger partial charge in [-0.1, -0.05) is 13.0 Å². The van der Waals surface area contributed by atoms with Gasteiger partial charge in [-0.05, 0) is 44.4 Å². The van der Waals surface area contributed by atoms with E-state index in [0.717, 1.165) is 18.2 Å². The molecular formula is C14H23N3. The van der Waals surface area contributed by atoms with Crippen molar-refractivity contribution in [3.8, 4) is 0 Å². The lowest BCUT2D eigenvalue weighted by Gasteiger charge is -2.33. The Kier molecular flexibility index (Phi) is 4.13. The molecule has 17 heavy (non-hydrogen) atoms. The lowest BCUT2D eigenvalue weighted by Crippen LogP contribution is -2.41. The third-order valence-electron chi connectivity index (χ3n) is 3.48. The Hall–Kier alpha value is -0.930. The van der Waals surface area contributed by atoms with Gasteiger partial charge in [0.2, 0.25) is 0 Å². The summed E-state index contributed by atoms with van der Waals surface area (Å²) in [5.74, 6) is 0.889. The van der Waals surface area contributed by atoms with E-state index in [1.165, 1.54) is 19.4 Å². The van der Waals surface area contributed by atoms with Gasteiger partial charge >= 0.3 is 0 Å². The van der Waals surface area contributed by atoms with Crippen LogP contribution < -0.4 is 5.73 Å². The molecule has 94 valence electrons. The van der Waals surface area contributed by atoms with Crippen molar-refractivity contribution < 1.29 is 0 Å². The zero-order valence-electron chi connectivity index (χ0n) is 10.8. The van der Waals surface area contributed by atoms with Crippen molar-refractivity contribution in [2.75, 3.05) is 13.1 Å². The number of aromatic nitrogens is 1. The molecule has 2 N–H and O–H groups in total. The lowest BCUT2D eigenvalue weighted by atomic mass is 10.0. The standard InChI is InChI=1S/C14H23N3/c1-3-17(10-12-7-8-12)14(11(2)15)13-6-4-5-9-16-13/h4-6,9,11-12,14H,3,7-8,10,15H2,1-2H3. The van der Waals surface area contributed by atoms with Crippen molar-refractivity contribution >= 4 is 0 Å². The first-order chi connectivity index (χ1) is 8.22. The molecule has 3 heteroatoms. The number of nitrogens with two attached hydrogens (primary N) is 1. The predicted octanol–water partition coefficient (Wildman–Crippen LogP) is 2.20. The highest BCUT2D eigenvalue weighted by Gasteiger charge is 2.30. The molecule has 2 rings (SSSR count). The van der Waals surface area contributed by atoms with Crippen LogP contribution in [-0.4, -0.2) is 29.0 Å². The van der Waals surface area contributed by atoms with Crippen LogP contribution in [-0.2, 0) is 0 Å². The molecule has 1 fully saturated rings. The third kappa shape index (κ3) is 3.27. The van der Waals surface area contributed by atoms with Crippen LogP contribution in [0.3, 0.4) is 0 Å². The van der Waals surface area contributed by atoms with Crippen molar-refractivity contribution in [3.63, 3.8) is 0 Å². The van der Waals surface area contributed by atoms with Gasteiger partial charge in [-0.2, -0.15) is 0 Å². The fourth-order valence-corrected chi connectivity index (χ4v) is 2.41. The van der Waals surface area contributed by atoms with E-state index in [1.807, 2.05) is 18.3 Å². The highest BCUT2D eigenvalue weighted by molar-refractivity contribution is 5.11. The van der Waals surface area contributed by atoms with Gasteiger partial charge in [-0.25, -0.2) is 0 Å². The van der Waals surface area contributed by atoms with Crippen molar-refractivity contribution in [1.29, 1.82) is 0 Å². The topological polar surface area (TPSA) is 42.2 Å². The molecule has 0 bridgehead atoms. The van der Waals surface area contributed by atoms with Gasteiger partial charge in [0.25, 0.3) is 0 Å². The first kappa shape index (κ1) is 12.5. The third-order valence-corrected chi connectivity index (χ3v) is 3.48. The van der Waals surface area contributed by atoms with Gasteiger partial charge in [-0.15, -0.1) is 0 Å². The number of nitrogens with zero attached hydrogens (tertiary/aromatic N) is 2. The van der Waals surface area contributed by atoms with Crippen LogP contribution in [0.1, 0.15) is 38.4 Å². The van der Waals surface area contributed by atoms with Gasteiger partial charge in [0.1, 0.15) is 0 Å². The van der Waals surface area contributed by atoms with E-state index in [1.54, 1.807) is 0 Å². The Bertz CT molecular complexity index is 333. The second kappa shape index (κ2) is 5.61. The lowest BCUT2D eigenvalue weighted by molar-refractivity contribution is 0.174. The van der Waals surface area contributed by atoms with Crippen molar-refractivity contribution in [2.45, 2.75) is 38.8 Å². The SMILES string of the molecule is CCN(CC1CC1)C(c1ccccn1)C(C)N. The van der Waals surface area contributed by atoms with Crippen LogP contribution in [0.25, 0.3) is 0 Å². The predicted molar refractivity (Wildman–Crippen MR) is 70.6 cm³/mol. The van der Waals surface area contributed by atoms with E-state index >= 15 is 0 Å².